The number of carbonyl (C=O) groups excluding carboxylic acids is 1. The summed E-state index contributed by atoms with van der Waals surface area (Å²) in [6, 6.07) is 8.27. The molecule has 0 spiro atoms. The van der Waals surface area contributed by atoms with Crippen LogP contribution in [0, 0.1) is 11.3 Å². The maximum atomic E-state index is 14.1. The number of aryl methyl sites for hydroxylation is 1. The van der Waals surface area contributed by atoms with Crippen molar-refractivity contribution < 1.29 is 18.5 Å². The summed E-state index contributed by atoms with van der Waals surface area (Å²) in [5.41, 5.74) is 2.03. The number of anilines is 1. The molecule has 4 saturated carbocycles. The van der Waals surface area contributed by atoms with Crippen molar-refractivity contribution in [1.82, 2.24) is 15.1 Å². The molecule has 4 aliphatic carbocycles. The van der Waals surface area contributed by atoms with Crippen molar-refractivity contribution in [1.29, 1.82) is 0 Å². The number of hydrogen-bond donors (Lipinski definition) is 0. The third-order valence-electron chi connectivity index (χ3n) is 10.0. The molecule has 0 unspecified atom stereocenters. The number of carbonyl (C=O) groups is 1. The monoisotopic (exact) mass is 544 g/mol. The van der Waals surface area contributed by atoms with Crippen LogP contribution in [0.5, 0.6) is 0 Å². The number of hydrogen-bond acceptors (Lipinski definition) is 7. The van der Waals surface area contributed by atoms with Gasteiger partial charge in [0, 0.05) is 54.7 Å². The Kier molecular flexibility index (Phi) is 6.77. The van der Waals surface area contributed by atoms with E-state index in [0.29, 0.717) is 19.1 Å². The Morgan fingerprint density at radius 2 is 1.82 bits per heavy atom. The van der Waals surface area contributed by atoms with Crippen molar-refractivity contribution >= 4 is 11.6 Å². The SMILES string of the molecule is CCCc1ncc(-c2cccc(N(CC34CCC(c5nc(C6CC6)no5)(CC3)CC4)C(=O)C3CCOCC3)c2)o1. The van der Waals surface area contributed by atoms with E-state index in [1.807, 2.05) is 12.1 Å². The Labute approximate surface area is 235 Å². The van der Waals surface area contributed by atoms with Crippen molar-refractivity contribution in [2.75, 3.05) is 24.7 Å². The number of nitrogens with zero attached hydrogens (tertiary/aromatic N) is 4. The first-order chi connectivity index (χ1) is 19.6. The molecule has 40 heavy (non-hydrogen) atoms. The second-order valence-corrected chi connectivity index (χ2v) is 12.7. The first-order valence-electron chi connectivity index (χ1n) is 15.3. The lowest BCUT2D eigenvalue weighted by atomic mass is 9.53. The Balaban J connectivity index is 1.14. The van der Waals surface area contributed by atoms with E-state index in [4.69, 9.17) is 18.7 Å². The molecular formula is C32H40N4O4. The van der Waals surface area contributed by atoms with Crippen LogP contribution in [-0.4, -0.2) is 40.8 Å². The molecule has 5 fully saturated rings. The van der Waals surface area contributed by atoms with E-state index in [1.54, 1.807) is 6.20 Å². The number of oxazole rings is 1. The van der Waals surface area contributed by atoms with E-state index in [0.717, 1.165) is 105 Å². The average molecular weight is 545 g/mol. The predicted molar refractivity (Wildman–Crippen MR) is 150 cm³/mol. The lowest BCUT2D eigenvalue weighted by Crippen LogP contribution is -2.52. The Bertz CT molecular complexity index is 1330. The van der Waals surface area contributed by atoms with Crippen LogP contribution in [0.25, 0.3) is 11.3 Å². The quantitative estimate of drug-likeness (QED) is 0.299. The molecule has 2 aromatic heterocycles. The van der Waals surface area contributed by atoms with E-state index >= 15 is 0 Å². The number of fused-ring (bicyclic) bond motifs is 3. The highest BCUT2D eigenvalue weighted by Crippen LogP contribution is 2.58. The van der Waals surface area contributed by atoms with Crippen molar-refractivity contribution in [3.63, 3.8) is 0 Å². The fourth-order valence-corrected chi connectivity index (χ4v) is 7.18. The highest BCUT2D eigenvalue weighted by molar-refractivity contribution is 5.95. The maximum Gasteiger partial charge on any atom is 0.232 e. The van der Waals surface area contributed by atoms with E-state index < -0.39 is 0 Å². The second-order valence-electron chi connectivity index (χ2n) is 12.7. The third-order valence-corrected chi connectivity index (χ3v) is 10.0. The van der Waals surface area contributed by atoms with E-state index in [-0.39, 0.29) is 22.7 Å². The minimum atomic E-state index is 0.000697. The molecule has 212 valence electrons. The number of ether oxygens (including phenoxy) is 1. The molecule has 2 bridgehead atoms. The summed E-state index contributed by atoms with van der Waals surface area (Å²) < 4.78 is 17.5. The van der Waals surface area contributed by atoms with Crippen LogP contribution in [0.2, 0.25) is 0 Å². The van der Waals surface area contributed by atoms with Gasteiger partial charge in [0.15, 0.2) is 17.5 Å². The van der Waals surface area contributed by atoms with E-state index in [1.165, 1.54) is 12.8 Å². The first-order valence-corrected chi connectivity index (χ1v) is 15.3. The number of benzene rings is 1. The highest BCUT2D eigenvalue weighted by Gasteiger charge is 2.53. The molecule has 0 atom stereocenters. The number of amides is 1. The van der Waals surface area contributed by atoms with Gasteiger partial charge in [0.25, 0.3) is 0 Å². The lowest BCUT2D eigenvalue weighted by molar-refractivity contribution is -0.126. The van der Waals surface area contributed by atoms with Crippen LogP contribution in [-0.2, 0) is 21.4 Å². The van der Waals surface area contributed by atoms with Crippen molar-refractivity contribution in [3.8, 4) is 11.3 Å². The van der Waals surface area contributed by atoms with Crippen molar-refractivity contribution in [2.24, 2.45) is 11.3 Å². The van der Waals surface area contributed by atoms with Gasteiger partial charge in [-0.1, -0.05) is 24.2 Å². The first kappa shape index (κ1) is 25.9. The minimum Gasteiger partial charge on any atom is -0.441 e. The zero-order chi connectivity index (χ0) is 27.2. The molecular weight excluding hydrogens is 504 g/mol. The Morgan fingerprint density at radius 3 is 2.55 bits per heavy atom. The molecule has 1 saturated heterocycles. The Morgan fingerprint density at radius 1 is 1.05 bits per heavy atom. The molecule has 3 heterocycles. The van der Waals surface area contributed by atoms with Crippen LogP contribution in [0.3, 0.4) is 0 Å². The summed E-state index contributed by atoms with van der Waals surface area (Å²) in [7, 11) is 0. The smallest absolute Gasteiger partial charge is 0.232 e. The molecule has 8 nitrogen and oxygen atoms in total. The summed E-state index contributed by atoms with van der Waals surface area (Å²) in [4.78, 5) is 25.6. The van der Waals surface area contributed by atoms with Gasteiger partial charge in [0.1, 0.15) is 0 Å². The van der Waals surface area contributed by atoms with Crippen LogP contribution in [0.1, 0.15) is 101 Å². The topological polar surface area (TPSA) is 94.5 Å². The number of rotatable bonds is 9. The Hall–Kier alpha value is -3.00. The molecule has 0 N–H and O–H groups in total. The fraction of sp³-hybridized carbons (Fsp3) is 0.625. The summed E-state index contributed by atoms with van der Waals surface area (Å²) in [6.45, 7) is 4.18. The predicted octanol–water partition coefficient (Wildman–Crippen LogP) is 6.61. The zero-order valence-corrected chi connectivity index (χ0v) is 23.6. The largest absolute Gasteiger partial charge is 0.441 e. The third kappa shape index (κ3) is 4.89. The molecule has 8 heteroatoms. The average Bonchev–Trinajstić information content (AvgIpc) is 3.53. The molecule has 8 rings (SSSR count). The van der Waals surface area contributed by atoms with Crippen LogP contribution >= 0.6 is 0 Å². The van der Waals surface area contributed by atoms with Gasteiger partial charge < -0.3 is 18.6 Å². The normalized spacial score (nSPS) is 26.7. The van der Waals surface area contributed by atoms with Crippen molar-refractivity contribution in [2.45, 2.75) is 95.3 Å². The standard InChI is InChI=1S/C32H40N4O4/c1-2-4-27-33-20-26(39-27)24-5-3-6-25(19-24)36(29(37)23-9-17-38-18-10-23)21-31-11-14-32(15-12-31,16-13-31)30-34-28(35-40-30)22-7-8-22/h3,5-6,19-20,22-23H,2,4,7-18,21H2,1H3. The molecule has 1 aliphatic heterocycles. The summed E-state index contributed by atoms with van der Waals surface area (Å²) in [5, 5.41) is 4.33. The van der Waals surface area contributed by atoms with Gasteiger partial charge in [-0.05, 0) is 88.2 Å². The van der Waals surface area contributed by atoms with Crippen LogP contribution < -0.4 is 4.90 Å². The summed E-state index contributed by atoms with van der Waals surface area (Å²) >= 11 is 0. The van der Waals surface area contributed by atoms with Gasteiger partial charge in [-0.3, -0.25) is 4.79 Å². The van der Waals surface area contributed by atoms with Crippen LogP contribution in [0.4, 0.5) is 5.69 Å². The highest BCUT2D eigenvalue weighted by atomic mass is 16.5. The maximum absolute atomic E-state index is 14.1. The van der Waals surface area contributed by atoms with E-state index in [2.05, 4.69) is 34.1 Å². The second kappa shape index (κ2) is 10.4. The molecule has 0 radical (unpaired) electrons. The van der Waals surface area contributed by atoms with E-state index in [9.17, 15) is 4.79 Å². The zero-order valence-electron chi connectivity index (χ0n) is 23.6. The lowest BCUT2D eigenvalue weighted by Gasteiger charge is -2.53. The fourth-order valence-electron chi connectivity index (χ4n) is 7.18. The molecule has 5 aliphatic rings. The molecule has 1 aromatic carbocycles. The van der Waals surface area contributed by atoms with Crippen LogP contribution in [0.15, 0.2) is 39.4 Å². The number of aromatic nitrogens is 3. The van der Waals surface area contributed by atoms with Gasteiger partial charge in [-0.15, -0.1) is 0 Å². The van der Waals surface area contributed by atoms with Gasteiger partial charge >= 0.3 is 0 Å². The van der Waals surface area contributed by atoms with Gasteiger partial charge in [-0.25, -0.2) is 4.98 Å². The minimum absolute atomic E-state index is 0.000697. The summed E-state index contributed by atoms with van der Waals surface area (Å²) in [6.07, 6.45) is 14.0. The van der Waals surface area contributed by atoms with Gasteiger partial charge in [-0.2, -0.15) is 4.98 Å². The summed E-state index contributed by atoms with van der Waals surface area (Å²) in [5.74, 6) is 4.03. The van der Waals surface area contributed by atoms with Crippen molar-refractivity contribution in [3.05, 3.63) is 48.1 Å². The molecule has 3 aromatic rings. The molecule has 1 amide bonds. The van der Waals surface area contributed by atoms with Gasteiger partial charge in [0.05, 0.1) is 6.20 Å². The van der Waals surface area contributed by atoms with Gasteiger partial charge in [0.2, 0.25) is 11.8 Å².